The van der Waals surface area contributed by atoms with E-state index < -0.39 is 0 Å². The lowest BCUT2D eigenvalue weighted by atomic mass is 10.2. The predicted molar refractivity (Wildman–Crippen MR) is 63.5 cm³/mol. The highest BCUT2D eigenvalue weighted by atomic mass is 16.2. The van der Waals surface area contributed by atoms with Gasteiger partial charge in [0.1, 0.15) is 0 Å². The number of rotatable bonds is 2. The van der Waals surface area contributed by atoms with Crippen molar-refractivity contribution in [3.8, 4) is 0 Å². The Balaban J connectivity index is 1.84. The molecule has 2 aliphatic rings. The molecule has 2 aliphatic heterocycles. The lowest BCUT2D eigenvalue weighted by molar-refractivity contribution is -0.134. The van der Waals surface area contributed by atoms with Gasteiger partial charge < -0.3 is 10.2 Å². The third-order valence-electron chi connectivity index (χ3n) is 3.33. The van der Waals surface area contributed by atoms with Crippen LogP contribution in [0.4, 0.5) is 0 Å². The van der Waals surface area contributed by atoms with Gasteiger partial charge in [0.15, 0.2) is 0 Å². The van der Waals surface area contributed by atoms with Crippen molar-refractivity contribution in [3.05, 3.63) is 0 Å². The fraction of sp³-hybridized carbons (Fsp3) is 0.818. The standard InChI is InChI=1S/C11H20N4O2/c1-13-5-9(12-10(16)7-13)6-15-4-3-14(2)11(17)8-15/h9H,3-8H2,1-2H3,(H,12,16). The van der Waals surface area contributed by atoms with Gasteiger partial charge in [0.05, 0.1) is 19.1 Å². The lowest BCUT2D eigenvalue weighted by Crippen LogP contribution is -2.59. The van der Waals surface area contributed by atoms with Gasteiger partial charge in [0.25, 0.3) is 0 Å². The van der Waals surface area contributed by atoms with Crippen molar-refractivity contribution in [2.24, 2.45) is 0 Å². The predicted octanol–water partition coefficient (Wildman–Crippen LogP) is -1.81. The van der Waals surface area contributed by atoms with Crippen molar-refractivity contribution in [2.75, 3.05) is 53.4 Å². The van der Waals surface area contributed by atoms with E-state index in [0.717, 1.165) is 26.2 Å². The number of piperazine rings is 2. The zero-order valence-electron chi connectivity index (χ0n) is 10.5. The minimum absolute atomic E-state index is 0.0733. The molecular weight excluding hydrogens is 220 g/mol. The number of amides is 2. The molecule has 1 atom stereocenters. The zero-order chi connectivity index (χ0) is 12.4. The van der Waals surface area contributed by atoms with Gasteiger partial charge in [-0.3, -0.25) is 19.4 Å². The van der Waals surface area contributed by atoms with Gasteiger partial charge in [0.2, 0.25) is 11.8 Å². The van der Waals surface area contributed by atoms with E-state index in [9.17, 15) is 9.59 Å². The minimum atomic E-state index is 0.0733. The smallest absolute Gasteiger partial charge is 0.236 e. The monoisotopic (exact) mass is 240 g/mol. The first kappa shape index (κ1) is 12.3. The average Bonchev–Trinajstić information content (AvgIpc) is 2.22. The molecule has 2 saturated heterocycles. The second kappa shape index (κ2) is 5.01. The van der Waals surface area contributed by atoms with E-state index in [1.807, 2.05) is 19.0 Å². The molecule has 0 aromatic carbocycles. The van der Waals surface area contributed by atoms with Gasteiger partial charge in [-0.1, -0.05) is 0 Å². The van der Waals surface area contributed by atoms with Crippen molar-refractivity contribution in [2.45, 2.75) is 6.04 Å². The molecule has 0 spiro atoms. The number of nitrogens with one attached hydrogen (secondary N) is 1. The molecule has 2 heterocycles. The van der Waals surface area contributed by atoms with Gasteiger partial charge in [-0.05, 0) is 7.05 Å². The van der Waals surface area contributed by atoms with Crippen LogP contribution < -0.4 is 5.32 Å². The normalized spacial score (nSPS) is 28.4. The molecule has 96 valence electrons. The Hall–Kier alpha value is -1.14. The van der Waals surface area contributed by atoms with Crippen molar-refractivity contribution in [1.82, 2.24) is 20.0 Å². The minimum Gasteiger partial charge on any atom is -0.350 e. The quantitative estimate of drug-likeness (QED) is 0.618. The van der Waals surface area contributed by atoms with E-state index in [1.165, 1.54) is 0 Å². The third kappa shape index (κ3) is 3.17. The summed E-state index contributed by atoms with van der Waals surface area (Å²) in [7, 11) is 3.77. The van der Waals surface area contributed by atoms with Crippen LogP contribution in [0.2, 0.25) is 0 Å². The fourth-order valence-corrected chi connectivity index (χ4v) is 2.38. The molecule has 0 aromatic heterocycles. The van der Waals surface area contributed by atoms with Gasteiger partial charge in [-0.15, -0.1) is 0 Å². The zero-order valence-corrected chi connectivity index (χ0v) is 10.5. The molecule has 6 heteroatoms. The van der Waals surface area contributed by atoms with Crippen LogP contribution in [-0.4, -0.2) is 85.9 Å². The first-order valence-corrected chi connectivity index (χ1v) is 5.99. The van der Waals surface area contributed by atoms with Crippen LogP contribution in [0, 0.1) is 0 Å². The molecule has 2 rings (SSSR count). The van der Waals surface area contributed by atoms with E-state index in [-0.39, 0.29) is 17.9 Å². The van der Waals surface area contributed by atoms with Crippen LogP contribution in [0.1, 0.15) is 0 Å². The summed E-state index contributed by atoms with van der Waals surface area (Å²) in [5, 5.41) is 2.97. The van der Waals surface area contributed by atoms with Crippen molar-refractivity contribution < 1.29 is 9.59 Å². The van der Waals surface area contributed by atoms with E-state index in [0.29, 0.717) is 13.1 Å². The Labute approximate surface area is 102 Å². The molecule has 1 N–H and O–H groups in total. The molecule has 0 aromatic rings. The molecule has 0 saturated carbocycles. The van der Waals surface area contributed by atoms with Crippen LogP contribution in [-0.2, 0) is 9.59 Å². The van der Waals surface area contributed by atoms with Crippen LogP contribution in [0.5, 0.6) is 0 Å². The number of hydrogen-bond donors (Lipinski definition) is 1. The molecule has 0 bridgehead atoms. The van der Waals surface area contributed by atoms with Crippen LogP contribution in [0.15, 0.2) is 0 Å². The van der Waals surface area contributed by atoms with Crippen molar-refractivity contribution >= 4 is 11.8 Å². The molecule has 2 fully saturated rings. The van der Waals surface area contributed by atoms with Gasteiger partial charge >= 0.3 is 0 Å². The molecule has 2 amide bonds. The van der Waals surface area contributed by atoms with Crippen LogP contribution in [0.3, 0.4) is 0 Å². The van der Waals surface area contributed by atoms with Gasteiger partial charge in [-0.25, -0.2) is 0 Å². The summed E-state index contributed by atoms with van der Waals surface area (Å²) in [6.45, 7) is 4.21. The molecule has 1 unspecified atom stereocenters. The molecule has 0 radical (unpaired) electrons. The number of carbonyl (C=O) groups excluding carboxylic acids is 2. The maximum Gasteiger partial charge on any atom is 0.236 e. The Morgan fingerprint density at radius 2 is 2.00 bits per heavy atom. The average molecular weight is 240 g/mol. The van der Waals surface area contributed by atoms with Crippen LogP contribution in [0.25, 0.3) is 0 Å². The van der Waals surface area contributed by atoms with E-state index in [1.54, 1.807) is 4.90 Å². The largest absolute Gasteiger partial charge is 0.350 e. The number of nitrogens with zero attached hydrogens (tertiary/aromatic N) is 3. The highest BCUT2D eigenvalue weighted by Gasteiger charge is 2.27. The van der Waals surface area contributed by atoms with E-state index in [2.05, 4.69) is 10.2 Å². The van der Waals surface area contributed by atoms with Crippen molar-refractivity contribution in [3.63, 3.8) is 0 Å². The summed E-state index contributed by atoms with van der Waals surface area (Å²) in [5.74, 6) is 0.232. The van der Waals surface area contributed by atoms with Crippen LogP contribution >= 0.6 is 0 Å². The molecular formula is C11H20N4O2. The third-order valence-corrected chi connectivity index (χ3v) is 3.33. The number of carbonyl (C=O) groups is 2. The summed E-state index contributed by atoms with van der Waals surface area (Å²) >= 11 is 0. The first-order chi connectivity index (χ1) is 8.04. The molecule has 17 heavy (non-hydrogen) atoms. The highest BCUT2D eigenvalue weighted by Crippen LogP contribution is 2.05. The van der Waals surface area contributed by atoms with E-state index >= 15 is 0 Å². The van der Waals surface area contributed by atoms with Gasteiger partial charge in [-0.2, -0.15) is 0 Å². The topological polar surface area (TPSA) is 55.9 Å². The Morgan fingerprint density at radius 1 is 1.24 bits per heavy atom. The second-order valence-electron chi connectivity index (χ2n) is 5.01. The molecule has 0 aliphatic carbocycles. The maximum atomic E-state index is 11.6. The first-order valence-electron chi connectivity index (χ1n) is 5.99. The molecule has 6 nitrogen and oxygen atoms in total. The SMILES string of the molecule is CN1CC(=O)NC(CN2CCN(C)C(=O)C2)C1. The number of hydrogen-bond acceptors (Lipinski definition) is 4. The summed E-state index contributed by atoms with van der Waals surface area (Å²) in [5.41, 5.74) is 0. The number of likely N-dealkylation sites (N-methyl/N-ethyl adjacent to an activating group) is 2. The Bertz CT molecular complexity index is 321. The maximum absolute atomic E-state index is 11.6. The van der Waals surface area contributed by atoms with E-state index in [4.69, 9.17) is 0 Å². The second-order valence-corrected chi connectivity index (χ2v) is 5.01. The van der Waals surface area contributed by atoms with Gasteiger partial charge in [0, 0.05) is 33.2 Å². The summed E-state index contributed by atoms with van der Waals surface area (Å²) in [6, 6.07) is 0.137. The Morgan fingerprint density at radius 3 is 2.65 bits per heavy atom. The lowest BCUT2D eigenvalue weighted by Gasteiger charge is -2.37. The summed E-state index contributed by atoms with van der Waals surface area (Å²) < 4.78 is 0. The van der Waals surface area contributed by atoms with Crippen molar-refractivity contribution in [1.29, 1.82) is 0 Å². The highest BCUT2D eigenvalue weighted by molar-refractivity contribution is 5.79. The summed E-state index contributed by atoms with van der Waals surface area (Å²) in [6.07, 6.45) is 0. The Kier molecular flexibility index (Phi) is 3.63. The summed E-state index contributed by atoms with van der Waals surface area (Å²) in [4.78, 5) is 28.8. The fourth-order valence-electron chi connectivity index (χ4n) is 2.38.